The van der Waals surface area contributed by atoms with Gasteiger partial charge >= 0.3 is 0 Å². The third-order valence-corrected chi connectivity index (χ3v) is 9.96. The molecule has 7 rings (SSSR count). The van der Waals surface area contributed by atoms with Crippen molar-refractivity contribution in [2.75, 3.05) is 7.05 Å². The van der Waals surface area contributed by atoms with Crippen molar-refractivity contribution in [3.05, 3.63) is 88.5 Å². The van der Waals surface area contributed by atoms with Crippen molar-refractivity contribution in [2.24, 2.45) is 17.9 Å². The maximum Gasteiger partial charge on any atom is 0.255 e. The molecule has 1 unspecified atom stereocenters. The number of ether oxygens (including phenoxy) is 1. The number of para-hydroxylation sites is 2. The SMILES string of the molecule is CN1C(=O)c2c(c3c4ccccc4n(C4O[CH-]C(C)(C)C4(C)C)c3c3c2c2ccccc2n3C)C1(C)C.[CH3-].[CH3-].[CH3-].[W]. The molecule has 0 aliphatic carbocycles. The van der Waals surface area contributed by atoms with Crippen molar-refractivity contribution in [2.45, 2.75) is 53.3 Å². The van der Waals surface area contributed by atoms with Gasteiger partial charge in [-0.3, -0.25) is 4.79 Å². The summed E-state index contributed by atoms with van der Waals surface area (Å²) in [6, 6.07) is 17.1. The molecule has 41 heavy (non-hydrogen) atoms. The first-order chi connectivity index (χ1) is 17.4. The molecular weight excluding hydrogens is 678 g/mol. The third-order valence-electron chi connectivity index (χ3n) is 9.96. The summed E-state index contributed by atoms with van der Waals surface area (Å²) >= 11 is 0. The Labute approximate surface area is 260 Å². The minimum absolute atomic E-state index is 0. The largest absolute Gasteiger partial charge is 0.533 e. The second kappa shape index (κ2) is 9.99. The predicted molar refractivity (Wildman–Crippen MR) is 170 cm³/mol. The zero-order valence-electron chi connectivity index (χ0n) is 26.3. The molecule has 1 atom stereocenters. The number of aromatic nitrogens is 2. The van der Waals surface area contributed by atoms with Crippen LogP contribution in [-0.4, -0.2) is 27.0 Å². The Morgan fingerprint density at radius 2 is 1.32 bits per heavy atom. The van der Waals surface area contributed by atoms with Gasteiger partial charge in [-0.2, -0.15) is 0 Å². The topological polar surface area (TPSA) is 39.4 Å². The van der Waals surface area contributed by atoms with E-state index in [1.54, 1.807) is 0 Å². The van der Waals surface area contributed by atoms with Crippen LogP contribution < -0.4 is 0 Å². The second-order valence-corrected chi connectivity index (χ2v) is 12.6. The Kier molecular flexibility index (Phi) is 8.01. The van der Waals surface area contributed by atoms with Crippen LogP contribution in [0.25, 0.3) is 43.6 Å². The molecule has 2 aliphatic heterocycles. The van der Waals surface area contributed by atoms with Gasteiger partial charge in [-0.05, 0) is 31.4 Å². The molecule has 0 saturated carbocycles. The summed E-state index contributed by atoms with van der Waals surface area (Å²) < 4.78 is 11.3. The summed E-state index contributed by atoms with van der Waals surface area (Å²) in [5, 5.41) is 4.50. The van der Waals surface area contributed by atoms with Crippen molar-refractivity contribution in [3.8, 4) is 0 Å². The van der Waals surface area contributed by atoms with Gasteiger partial charge in [0, 0.05) is 67.8 Å². The molecule has 0 bridgehead atoms. The number of benzene rings is 3. The van der Waals surface area contributed by atoms with Gasteiger partial charge in [0.25, 0.3) is 5.91 Å². The number of amides is 1. The monoisotopic (exact) mass is 721 g/mol. The number of nitrogens with zero attached hydrogens (tertiary/aromatic N) is 3. The van der Waals surface area contributed by atoms with Crippen LogP contribution >= 0.6 is 0 Å². The number of carbonyl (C=O) groups is 1. The molecule has 2 aliphatic rings. The summed E-state index contributed by atoms with van der Waals surface area (Å²) in [7, 11) is 4.06. The van der Waals surface area contributed by atoms with Crippen molar-refractivity contribution in [1.29, 1.82) is 0 Å². The Morgan fingerprint density at radius 3 is 1.88 bits per heavy atom. The van der Waals surface area contributed by atoms with E-state index in [-0.39, 0.29) is 66.3 Å². The normalized spacial score (nSPS) is 20.0. The summed E-state index contributed by atoms with van der Waals surface area (Å²) in [5.74, 6) is 0.0898. The first kappa shape index (κ1) is 32.9. The van der Waals surface area contributed by atoms with Crippen LogP contribution in [0.15, 0.2) is 48.5 Å². The Hall–Kier alpha value is -2.62. The number of hydrogen-bond donors (Lipinski definition) is 0. The van der Waals surface area contributed by atoms with Crippen LogP contribution in [0, 0.1) is 39.7 Å². The molecule has 0 N–H and O–H groups in total. The van der Waals surface area contributed by atoms with Gasteiger partial charge in [0.15, 0.2) is 0 Å². The molecule has 220 valence electrons. The van der Waals surface area contributed by atoms with Gasteiger partial charge in [-0.1, -0.05) is 64.1 Å². The number of fused-ring (bicyclic) bond motifs is 10. The molecule has 1 saturated heterocycles. The average molecular weight is 722 g/mol. The summed E-state index contributed by atoms with van der Waals surface area (Å²) in [6.07, 6.45) is -0.192. The molecule has 6 heteroatoms. The Balaban J connectivity index is 0.00000116. The fourth-order valence-electron chi connectivity index (χ4n) is 6.84. The van der Waals surface area contributed by atoms with E-state index in [1.165, 1.54) is 5.39 Å². The second-order valence-electron chi connectivity index (χ2n) is 12.6. The molecule has 1 amide bonds. The van der Waals surface area contributed by atoms with Gasteiger partial charge in [0.1, 0.15) is 6.23 Å². The number of aryl methyl sites for hydroxylation is 1. The van der Waals surface area contributed by atoms with E-state index in [2.05, 4.69) is 106 Å². The predicted octanol–water partition coefficient (Wildman–Crippen LogP) is 8.85. The fourth-order valence-corrected chi connectivity index (χ4v) is 6.84. The maximum atomic E-state index is 14.0. The zero-order valence-corrected chi connectivity index (χ0v) is 29.3. The van der Waals surface area contributed by atoms with Gasteiger partial charge in [0.05, 0.1) is 27.7 Å². The fraction of sp³-hybridized carbons (Fsp3) is 0.343. The van der Waals surface area contributed by atoms with E-state index in [9.17, 15) is 4.79 Å². The zero-order chi connectivity index (χ0) is 26.2. The first-order valence-electron chi connectivity index (χ1n) is 13.2. The van der Waals surface area contributed by atoms with Crippen molar-refractivity contribution in [3.63, 3.8) is 0 Å². The van der Waals surface area contributed by atoms with E-state index in [0.29, 0.717) is 0 Å². The molecule has 3 aromatic carbocycles. The van der Waals surface area contributed by atoms with Gasteiger partial charge in [-0.25, -0.2) is 6.61 Å². The van der Waals surface area contributed by atoms with Gasteiger partial charge < -0.3 is 41.1 Å². The van der Waals surface area contributed by atoms with E-state index < -0.39 is 5.54 Å². The minimum Gasteiger partial charge on any atom is -0.533 e. The van der Waals surface area contributed by atoms with E-state index >= 15 is 0 Å². The smallest absolute Gasteiger partial charge is 0.255 e. The molecule has 5 nitrogen and oxygen atoms in total. The van der Waals surface area contributed by atoms with Crippen molar-refractivity contribution >= 4 is 49.5 Å². The van der Waals surface area contributed by atoms with Crippen LogP contribution in [0.3, 0.4) is 0 Å². The minimum atomic E-state index is -0.456. The van der Waals surface area contributed by atoms with E-state index in [1.807, 2.05) is 18.6 Å². The van der Waals surface area contributed by atoms with Crippen LogP contribution in [0.1, 0.15) is 63.7 Å². The van der Waals surface area contributed by atoms with Crippen LogP contribution in [0.5, 0.6) is 0 Å². The van der Waals surface area contributed by atoms with Crippen molar-refractivity contribution in [1.82, 2.24) is 14.0 Å². The summed E-state index contributed by atoms with van der Waals surface area (Å²) in [5.41, 5.74) is 5.73. The van der Waals surface area contributed by atoms with Gasteiger partial charge in [-0.15, -0.1) is 5.41 Å². The van der Waals surface area contributed by atoms with E-state index in [0.717, 1.165) is 49.4 Å². The maximum absolute atomic E-state index is 14.0. The summed E-state index contributed by atoms with van der Waals surface area (Å²) in [6.45, 7) is 15.5. The third kappa shape index (κ3) is 3.70. The van der Waals surface area contributed by atoms with Gasteiger partial charge in [0.2, 0.25) is 0 Å². The standard InChI is InChI=1S/C32H34N3O2.3CH3.W/c1-30(2)17-37-29(31(30,3)4)35-21-16-12-10-14-19(21)23-25-24(28(36)34(8)32(25,5)6)22-18-13-9-11-15-20(18)33(7)26(22)27(23)35;;;;/h9-17,29H,1-8H3;3*1H3;/q4*-1;. The molecule has 0 spiro atoms. The van der Waals surface area contributed by atoms with Crippen LogP contribution in [0.4, 0.5) is 0 Å². The molecule has 1 fully saturated rings. The number of hydrogen-bond acceptors (Lipinski definition) is 2. The Bertz CT molecular complexity index is 1820. The molecule has 2 aromatic heterocycles. The average Bonchev–Trinajstić information content (AvgIpc) is 3.47. The van der Waals surface area contributed by atoms with E-state index in [4.69, 9.17) is 4.74 Å². The van der Waals surface area contributed by atoms with Crippen molar-refractivity contribution < 1.29 is 30.6 Å². The Morgan fingerprint density at radius 1 is 0.780 bits per heavy atom. The molecule has 4 heterocycles. The number of carbonyl (C=O) groups excluding carboxylic acids is 1. The first-order valence-corrected chi connectivity index (χ1v) is 13.2. The van der Waals surface area contributed by atoms with Crippen LogP contribution in [0.2, 0.25) is 0 Å². The quantitative estimate of drug-likeness (QED) is 0.162. The summed E-state index contributed by atoms with van der Waals surface area (Å²) in [4.78, 5) is 15.9. The molecule has 5 aromatic rings. The molecular formula is C35H43N3O2W-4. The number of rotatable bonds is 1. The molecule has 0 radical (unpaired) electrons. The van der Waals surface area contributed by atoms with Crippen LogP contribution in [-0.2, 0) is 38.4 Å².